The lowest BCUT2D eigenvalue weighted by atomic mass is 10.1. The van der Waals surface area contributed by atoms with Crippen molar-refractivity contribution in [2.45, 2.75) is 6.54 Å². The predicted molar refractivity (Wildman–Crippen MR) is 112 cm³/mol. The number of piperazine rings is 1. The summed E-state index contributed by atoms with van der Waals surface area (Å²) < 4.78 is 0. The standard InChI is InChI=1S/C21H23ClN4O3/c22-19-4-2-1-3-18(19)14-25-9-11-26(12-10-25)15-20(27)24-23-13-16-5-7-17(8-6-16)21(28)29/h1-8,13H,9-12,14-15H2,(H,24,27)(H,28,29)/b23-13+. The molecule has 1 aliphatic rings. The molecule has 0 radical (unpaired) electrons. The van der Waals surface area contributed by atoms with Crippen molar-refractivity contribution in [3.8, 4) is 0 Å². The second kappa shape index (κ2) is 10.2. The molecule has 1 aliphatic heterocycles. The summed E-state index contributed by atoms with van der Waals surface area (Å²) in [4.78, 5) is 27.3. The first-order valence-corrected chi connectivity index (χ1v) is 9.72. The van der Waals surface area contributed by atoms with Gasteiger partial charge in [-0.3, -0.25) is 14.6 Å². The molecule has 2 aromatic carbocycles. The number of carboxylic acid groups (broad SMARTS) is 1. The van der Waals surface area contributed by atoms with Gasteiger partial charge in [-0.1, -0.05) is 41.9 Å². The van der Waals surface area contributed by atoms with Gasteiger partial charge in [0.1, 0.15) is 0 Å². The van der Waals surface area contributed by atoms with Gasteiger partial charge < -0.3 is 5.11 Å². The third-order valence-electron chi connectivity index (χ3n) is 4.74. The van der Waals surface area contributed by atoms with Gasteiger partial charge >= 0.3 is 5.97 Å². The summed E-state index contributed by atoms with van der Waals surface area (Å²) in [6.07, 6.45) is 1.49. The van der Waals surface area contributed by atoms with E-state index >= 15 is 0 Å². The molecule has 0 atom stereocenters. The van der Waals surface area contributed by atoms with Gasteiger partial charge in [0, 0.05) is 37.7 Å². The van der Waals surface area contributed by atoms with Crippen LogP contribution < -0.4 is 5.43 Å². The maximum atomic E-state index is 12.1. The average molecular weight is 415 g/mol. The number of nitrogens with one attached hydrogen (secondary N) is 1. The second-order valence-electron chi connectivity index (χ2n) is 6.86. The highest BCUT2D eigenvalue weighted by Gasteiger charge is 2.19. The van der Waals surface area contributed by atoms with E-state index in [0.717, 1.165) is 43.3 Å². The highest BCUT2D eigenvalue weighted by Crippen LogP contribution is 2.17. The predicted octanol–water partition coefficient (Wildman–Crippen LogP) is 2.31. The van der Waals surface area contributed by atoms with E-state index in [4.69, 9.17) is 16.7 Å². The number of halogens is 1. The summed E-state index contributed by atoms with van der Waals surface area (Å²) in [6, 6.07) is 14.1. The fourth-order valence-corrected chi connectivity index (χ4v) is 3.30. The van der Waals surface area contributed by atoms with Gasteiger partial charge in [-0.2, -0.15) is 5.10 Å². The Morgan fingerprint density at radius 1 is 1.03 bits per heavy atom. The molecule has 1 fully saturated rings. The number of carboxylic acids is 1. The molecule has 2 aromatic rings. The van der Waals surface area contributed by atoms with Crippen molar-refractivity contribution in [3.05, 3.63) is 70.2 Å². The van der Waals surface area contributed by atoms with E-state index in [2.05, 4.69) is 20.3 Å². The Morgan fingerprint density at radius 2 is 1.69 bits per heavy atom. The third-order valence-corrected chi connectivity index (χ3v) is 5.11. The smallest absolute Gasteiger partial charge is 0.335 e. The molecule has 1 amide bonds. The number of carbonyl (C=O) groups excluding carboxylic acids is 1. The summed E-state index contributed by atoms with van der Waals surface area (Å²) >= 11 is 6.23. The van der Waals surface area contributed by atoms with Gasteiger partial charge in [0.05, 0.1) is 18.3 Å². The molecular weight excluding hydrogens is 392 g/mol. The van der Waals surface area contributed by atoms with E-state index in [1.54, 1.807) is 12.1 Å². The van der Waals surface area contributed by atoms with E-state index < -0.39 is 5.97 Å². The summed E-state index contributed by atoms with van der Waals surface area (Å²) in [5, 5.41) is 13.6. The molecule has 0 aromatic heterocycles. The van der Waals surface area contributed by atoms with E-state index in [0.29, 0.717) is 5.56 Å². The zero-order valence-electron chi connectivity index (χ0n) is 15.9. The molecule has 0 unspecified atom stereocenters. The largest absolute Gasteiger partial charge is 0.478 e. The molecule has 7 nitrogen and oxygen atoms in total. The van der Waals surface area contributed by atoms with Crippen molar-refractivity contribution in [2.24, 2.45) is 5.10 Å². The molecule has 0 aliphatic carbocycles. The first-order valence-electron chi connectivity index (χ1n) is 9.34. The Morgan fingerprint density at radius 3 is 2.34 bits per heavy atom. The summed E-state index contributed by atoms with van der Waals surface area (Å²) in [6.45, 7) is 4.45. The van der Waals surface area contributed by atoms with Crippen molar-refractivity contribution in [3.63, 3.8) is 0 Å². The van der Waals surface area contributed by atoms with Crippen molar-refractivity contribution in [1.29, 1.82) is 0 Å². The zero-order valence-corrected chi connectivity index (χ0v) is 16.7. The number of hydrazone groups is 1. The van der Waals surface area contributed by atoms with Crippen molar-refractivity contribution in [1.82, 2.24) is 15.2 Å². The van der Waals surface area contributed by atoms with Crippen LogP contribution in [0.4, 0.5) is 0 Å². The number of hydrogen-bond donors (Lipinski definition) is 2. The highest BCUT2D eigenvalue weighted by molar-refractivity contribution is 6.31. The summed E-state index contributed by atoms with van der Waals surface area (Å²) in [7, 11) is 0. The van der Waals surface area contributed by atoms with Crippen LogP contribution in [-0.4, -0.2) is 65.7 Å². The van der Waals surface area contributed by atoms with Crippen LogP contribution in [0.2, 0.25) is 5.02 Å². The van der Waals surface area contributed by atoms with Crippen molar-refractivity contribution in [2.75, 3.05) is 32.7 Å². The molecule has 0 spiro atoms. The Balaban J connectivity index is 1.39. The highest BCUT2D eigenvalue weighted by atomic mass is 35.5. The van der Waals surface area contributed by atoms with Gasteiger partial charge in [-0.25, -0.2) is 10.2 Å². The topological polar surface area (TPSA) is 85.2 Å². The third kappa shape index (κ3) is 6.39. The van der Waals surface area contributed by atoms with Crippen LogP contribution in [0.5, 0.6) is 0 Å². The van der Waals surface area contributed by atoms with Gasteiger partial charge in [0.2, 0.25) is 0 Å². The van der Waals surface area contributed by atoms with Crippen LogP contribution in [0.3, 0.4) is 0 Å². The maximum Gasteiger partial charge on any atom is 0.335 e. The van der Waals surface area contributed by atoms with Crippen LogP contribution in [-0.2, 0) is 11.3 Å². The minimum Gasteiger partial charge on any atom is -0.478 e. The molecule has 8 heteroatoms. The first kappa shape index (κ1) is 21.0. The number of amides is 1. The van der Waals surface area contributed by atoms with Crippen molar-refractivity contribution < 1.29 is 14.7 Å². The number of nitrogens with zero attached hydrogens (tertiary/aromatic N) is 3. The van der Waals surface area contributed by atoms with Crippen molar-refractivity contribution >= 4 is 29.7 Å². The van der Waals surface area contributed by atoms with E-state index in [-0.39, 0.29) is 18.0 Å². The molecule has 0 bridgehead atoms. The van der Waals surface area contributed by atoms with E-state index in [1.165, 1.54) is 18.3 Å². The fourth-order valence-electron chi connectivity index (χ4n) is 3.10. The van der Waals surface area contributed by atoms with Gasteiger partial charge in [-0.05, 0) is 29.3 Å². The molecule has 2 N–H and O–H groups in total. The molecule has 3 rings (SSSR count). The molecule has 1 saturated heterocycles. The zero-order chi connectivity index (χ0) is 20.6. The fraction of sp³-hybridized carbons (Fsp3) is 0.286. The number of benzene rings is 2. The lowest BCUT2D eigenvalue weighted by Gasteiger charge is -2.34. The average Bonchev–Trinajstić information content (AvgIpc) is 2.71. The molecule has 0 saturated carbocycles. The molecule has 152 valence electrons. The van der Waals surface area contributed by atoms with Gasteiger partial charge in [-0.15, -0.1) is 0 Å². The quantitative estimate of drug-likeness (QED) is 0.536. The van der Waals surface area contributed by atoms with E-state index in [9.17, 15) is 9.59 Å². The number of hydrogen-bond acceptors (Lipinski definition) is 5. The monoisotopic (exact) mass is 414 g/mol. The van der Waals surface area contributed by atoms with Crippen LogP contribution in [0, 0.1) is 0 Å². The number of aromatic carboxylic acids is 1. The minimum absolute atomic E-state index is 0.178. The van der Waals surface area contributed by atoms with Crippen LogP contribution in [0.1, 0.15) is 21.5 Å². The normalized spacial score (nSPS) is 15.5. The number of rotatable bonds is 7. The second-order valence-corrected chi connectivity index (χ2v) is 7.27. The summed E-state index contributed by atoms with van der Waals surface area (Å²) in [5.74, 6) is -1.16. The molecular formula is C21H23ClN4O3. The minimum atomic E-state index is -0.978. The van der Waals surface area contributed by atoms with E-state index in [1.807, 2.05) is 24.3 Å². The Hall–Kier alpha value is -2.74. The summed E-state index contributed by atoms with van der Waals surface area (Å²) in [5.41, 5.74) is 4.55. The Labute approximate surface area is 174 Å². The SMILES string of the molecule is O=C(CN1CCN(Cc2ccccc2Cl)CC1)N/N=C/c1ccc(C(=O)O)cc1. The van der Waals surface area contributed by atoms with Crippen LogP contribution in [0.25, 0.3) is 0 Å². The van der Waals surface area contributed by atoms with Gasteiger partial charge in [0.15, 0.2) is 0 Å². The lowest BCUT2D eigenvalue weighted by Crippen LogP contribution is -2.48. The Kier molecular flexibility index (Phi) is 7.35. The van der Waals surface area contributed by atoms with Gasteiger partial charge in [0.25, 0.3) is 5.91 Å². The number of carbonyl (C=O) groups is 2. The van der Waals surface area contributed by atoms with Crippen LogP contribution >= 0.6 is 11.6 Å². The lowest BCUT2D eigenvalue weighted by molar-refractivity contribution is -0.122. The maximum absolute atomic E-state index is 12.1. The first-order chi connectivity index (χ1) is 14.0. The molecule has 29 heavy (non-hydrogen) atoms. The molecule has 1 heterocycles. The Bertz CT molecular complexity index is 878. The van der Waals surface area contributed by atoms with Crippen LogP contribution in [0.15, 0.2) is 53.6 Å².